The van der Waals surface area contributed by atoms with Gasteiger partial charge in [-0.25, -0.2) is 0 Å². The van der Waals surface area contributed by atoms with Crippen molar-refractivity contribution in [1.82, 2.24) is 14.8 Å². The van der Waals surface area contributed by atoms with Crippen LogP contribution in [0, 0.1) is 0 Å². The van der Waals surface area contributed by atoms with E-state index in [-0.39, 0.29) is 0 Å². The number of nitrogen functional groups attached to an aromatic ring is 1. The molecule has 0 amide bonds. The van der Waals surface area contributed by atoms with Crippen molar-refractivity contribution in [2.45, 2.75) is 0 Å². The fourth-order valence-electron chi connectivity index (χ4n) is 2.75. The second-order valence-electron chi connectivity index (χ2n) is 5.58. The first-order valence-corrected chi connectivity index (χ1v) is 7.46. The molecular weight excluding hydrogens is 304 g/mol. The Morgan fingerprint density at radius 1 is 1.17 bits per heavy atom. The van der Waals surface area contributed by atoms with Gasteiger partial charge in [-0.3, -0.25) is 9.67 Å². The Morgan fingerprint density at radius 2 is 2.04 bits per heavy atom. The molecule has 6 nitrogen and oxygen atoms in total. The van der Waals surface area contributed by atoms with Crippen LogP contribution < -0.4 is 10.5 Å². The third-order valence-electron chi connectivity index (χ3n) is 3.88. The van der Waals surface area contributed by atoms with E-state index in [2.05, 4.69) is 10.1 Å². The van der Waals surface area contributed by atoms with E-state index in [0.717, 1.165) is 27.8 Å². The third kappa shape index (κ3) is 2.38. The van der Waals surface area contributed by atoms with Gasteiger partial charge in [0, 0.05) is 54.0 Å². The van der Waals surface area contributed by atoms with Crippen LogP contribution in [0.4, 0.5) is 5.69 Å². The number of benzene rings is 1. The number of rotatable bonds is 3. The summed E-state index contributed by atoms with van der Waals surface area (Å²) in [5, 5.41) is 4.22. The Balaban J connectivity index is 1.89. The maximum atomic E-state index is 6.09. The molecule has 1 aromatic carbocycles. The SMILES string of the molecule is COc1cc(N)cc(-c2cc3nccc(-c4cnn(C)c4)c3o2)c1. The van der Waals surface area contributed by atoms with Crippen LogP contribution in [-0.4, -0.2) is 21.9 Å². The Hall–Kier alpha value is -3.28. The minimum Gasteiger partial charge on any atom is -0.497 e. The number of nitrogens with two attached hydrogens (primary N) is 1. The molecule has 3 heterocycles. The summed E-state index contributed by atoms with van der Waals surface area (Å²) in [6.07, 6.45) is 5.52. The molecule has 0 unspecified atom stereocenters. The fraction of sp³-hybridized carbons (Fsp3) is 0.111. The van der Waals surface area contributed by atoms with Crippen LogP contribution in [-0.2, 0) is 7.05 Å². The molecule has 4 aromatic rings. The number of pyridine rings is 1. The molecule has 0 aliphatic heterocycles. The van der Waals surface area contributed by atoms with Crippen molar-refractivity contribution in [1.29, 1.82) is 0 Å². The standard InChI is InChI=1S/C18H16N4O2/c1-22-10-12(9-21-22)15-3-4-20-16-8-17(24-18(15)16)11-5-13(19)7-14(6-11)23-2/h3-10H,19H2,1-2H3. The second kappa shape index (κ2) is 5.42. The molecule has 0 saturated carbocycles. The van der Waals surface area contributed by atoms with Crippen LogP contribution >= 0.6 is 0 Å². The van der Waals surface area contributed by atoms with Crippen molar-refractivity contribution in [2.24, 2.45) is 7.05 Å². The number of hydrogen-bond donors (Lipinski definition) is 1. The molecule has 24 heavy (non-hydrogen) atoms. The molecule has 0 aliphatic carbocycles. The number of methoxy groups -OCH3 is 1. The van der Waals surface area contributed by atoms with Crippen LogP contribution in [0.5, 0.6) is 5.75 Å². The lowest BCUT2D eigenvalue weighted by molar-refractivity contribution is 0.415. The first-order valence-electron chi connectivity index (χ1n) is 7.46. The Labute approximate surface area is 138 Å². The summed E-state index contributed by atoms with van der Waals surface area (Å²) in [4.78, 5) is 4.40. The topological polar surface area (TPSA) is 79.1 Å². The molecule has 2 N–H and O–H groups in total. The molecule has 6 heteroatoms. The largest absolute Gasteiger partial charge is 0.497 e. The van der Waals surface area contributed by atoms with E-state index in [0.29, 0.717) is 17.2 Å². The van der Waals surface area contributed by atoms with Gasteiger partial charge < -0.3 is 14.9 Å². The lowest BCUT2D eigenvalue weighted by Gasteiger charge is -2.04. The van der Waals surface area contributed by atoms with E-state index in [4.69, 9.17) is 14.9 Å². The van der Waals surface area contributed by atoms with Gasteiger partial charge in [-0.05, 0) is 18.2 Å². The molecular formula is C18H16N4O2. The van der Waals surface area contributed by atoms with Crippen molar-refractivity contribution in [3.8, 4) is 28.2 Å². The molecule has 4 rings (SSSR count). The predicted octanol–water partition coefficient (Wildman–Crippen LogP) is 3.49. The maximum Gasteiger partial charge on any atom is 0.161 e. The summed E-state index contributed by atoms with van der Waals surface area (Å²) >= 11 is 0. The fourth-order valence-corrected chi connectivity index (χ4v) is 2.75. The number of fused-ring (bicyclic) bond motifs is 1. The van der Waals surface area contributed by atoms with Gasteiger partial charge in [-0.1, -0.05) is 0 Å². The molecule has 0 saturated heterocycles. The molecule has 0 atom stereocenters. The Kier molecular flexibility index (Phi) is 3.23. The molecule has 0 spiro atoms. The molecule has 0 radical (unpaired) electrons. The average molecular weight is 320 g/mol. The van der Waals surface area contributed by atoms with Crippen molar-refractivity contribution >= 4 is 16.8 Å². The van der Waals surface area contributed by atoms with Gasteiger partial charge in [0.05, 0.1) is 13.3 Å². The number of anilines is 1. The van der Waals surface area contributed by atoms with Crippen LogP contribution in [0.2, 0.25) is 0 Å². The number of hydrogen-bond acceptors (Lipinski definition) is 5. The molecule has 0 bridgehead atoms. The summed E-state index contributed by atoms with van der Waals surface area (Å²) in [5.41, 5.74) is 10.9. The highest BCUT2D eigenvalue weighted by Gasteiger charge is 2.14. The van der Waals surface area contributed by atoms with E-state index < -0.39 is 0 Å². The van der Waals surface area contributed by atoms with Crippen LogP contribution in [0.1, 0.15) is 0 Å². The van der Waals surface area contributed by atoms with E-state index in [9.17, 15) is 0 Å². The maximum absolute atomic E-state index is 6.09. The summed E-state index contributed by atoms with van der Waals surface area (Å²) in [5.74, 6) is 1.38. The predicted molar refractivity (Wildman–Crippen MR) is 92.6 cm³/mol. The lowest BCUT2D eigenvalue weighted by atomic mass is 10.1. The quantitative estimate of drug-likeness (QED) is 0.585. The summed E-state index contributed by atoms with van der Waals surface area (Å²) in [7, 11) is 3.49. The van der Waals surface area contributed by atoms with Crippen molar-refractivity contribution in [3.63, 3.8) is 0 Å². The highest BCUT2D eigenvalue weighted by atomic mass is 16.5. The van der Waals surface area contributed by atoms with Crippen molar-refractivity contribution in [3.05, 3.63) is 48.9 Å². The number of furan rings is 1. The van der Waals surface area contributed by atoms with E-state index in [1.807, 2.05) is 37.5 Å². The Bertz CT molecular complexity index is 1030. The van der Waals surface area contributed by atoms with E-state index in [1.165, 1.54) is 0 Å². The monoisotopic (exact) mass is 320 g/mol. The molecule has 0 fully saturated rings. The number of ether oxygens (including phenoxy) is 1. The van der Waals surface area contributed by atoms with Gasteiger partial charge in [-0.15, -0.1) is 0 Å². The minimum absolute atomic E-state index is 0.616. The second-order valence-corrected chi connectivity index (χ2v) is 5.58. The van der Waals surface area contributed by atoms with Gasteiger partial charge in [0.15, 0.2) is 5.58 Å². The van der Waals surface area contributed by atoms with Gasteiger partial charge in [0.1, 0.15) is 17.0 Å². The highest BCUT2D eigenvalue weighted by Crippen LogP contribution is 2.35. The number of aryl methyl sites for hydroxylation is 1. The molecule has 3 aromatic heterocycles. The highest BCUT2D eigenvalue weighted by molar-refractivity contribution is 5.92. The van der Waals surface area contributed by atoms with Crippen molar-refractivity contribution < 1.29 is 9.15 Å². The average Bonchev–Trinajstić information content (AvgIpc) is 3.20. The van der Waals surface area contributed by atoms with E-state index in [1.54, 1.807) is 30.3 Å². The van der Waals surface area contributed by atoms with Gasteiger partial charge in [0.2, 0.25) is 0 Å². The summed E-state index contributed by atoms with van der Waals surface area (Å²) < 4.78 is 13.1. The summed E-state index contributed by atoms with van der Waals surface area (Å²) in [6.45, 7) is 0. The summed E-state index contributed by atoms with van der Waals surface area (Å²) in [6, 6.07) is 9.34. The lowest BCUT2D eigenvalue weighted by Crippen LogP contribution is -1.89. The zero-order valence-electron chi connectivity index (χ0n) is 13.4. The van der Waals surface area contributed by atoms with Gasteiger partial charge in [0.25, 0.3) is 0 Å². The third-order valence-corrected chi connectivity index (χ3v) is 3.88. The normalized spacial score (nSPS) is 11.1. The zero-order valence-corrected chi connectivity index (χ0v) is 13.4. The smallest absolute Gasteiger partial charge is 0.161 e. The first-order chi connectivity index (χ1) is 11.6. The zero-order chi connectivity index (χ0) is 16.7. The van der Waals surface area contributed by atoms with Crippen LogP contribution in [0.3, 0.4) is 0 Å². The minimum atomic E-state index is 0.616. The number of nitrogens with zero attached hydrogens (tertiary/aromatic N) is 3. The van der Waals surface area contributed by atoms with Gasteiger partial charge >= 0.3 is 0 Å². The Morgan fingerprint density at radius 3 is 2.79 bits per heavy atom. The van der Waals surface area contributed by atoms with Crippen LogP contribution in [0.25, 0.3) is 33.6 Å². The van der Waals surface area contributed by atoms with Crippen LogP contribution in [0.15, 0.2) is 53.3 Å². The van der Waals surface area contributed by atoms with E-state index >= 15 is 0 Å². The first kappa shape index (κ1) is 14.3. The van der Waals surface area contributed by atoms with Gasteiger partial charge in [-0.2, -0.15) is 5.10 Å². The number of aromatic nitrogens is 3. The van der Waals surface area contributed by atoms with Crippen molar-refractivity contribution in [2.75, 3.05) is 12.8 Å². The molecule has 120 valence electrons. The molecule has 0 aliphatic rings.